The molecule has 0 fully saturated rings. The van der Waals surface area contributed by atoms with Crippen molar-refractivity contribution in [2.45, 2.75) is 28.3 Å². The van der Waals surface area contributed by atoms with Crippen LogP contribution in [0.2, 0.25) is 0 Å². The third kappa shape index (κ3) is 3.45. The maximum atomic E-state index is 16.6. The van der Waals surface area contributed by atoms with Crippen LogP contribution in [0.5, 0.6) is 0 Å². The number of anilines is 1. The molecule has 2 aliphatic heterocycles. The van der Waals surface area contributed by atoms with Crippen LogP contribution in [-0.2, 0) is 5.54 Å². The molecule has 0 spiro atoms. The minimum Gasteiger partial charge on any atom is -0.370 e. The highest BCUT2D eigenvalue weighted by atomic mass is 32.2. The Kier molecular flexibility index (Phi) is 5.79. The molecule has 0 radical (unpaired) electrons. The largest absolute Gasteiger partial charge is 0.370 e. The lowest BCUT2D eigenvalue weighted by molar-refractivity contribution is 0.140. The van der Waals surface area contributed by atoms with Gasteiger partial charge in [-0.2, -0.15) is 0 Å². The van der Waals surface area contributed by atoms with Gasteiger partial charge in [0, 0.05) is 41.0 Å². The number of hydrogen-bond donors (Lipinski definition) is 2. The first-order valence-corrected chi connectivity index (χ1v) is 12.0. The number of halogens is 2. The normalized spacial score (nSPS) is 27.7. The SMILES string of the molecule is CSc1ccc(C2=NC=CC(N)(C3(Nc4ccncc4)c4ccccc4N=CC3F)C2F)cc1. The van der Waals surface area contributed by atoms with Crippen molar-refractivity contribution in [2.24, 2.45) is 15.7 Å². The predicted octanol–water partition coefficient (Wildman–Crippen LogP) is 5.22. The lowest BCUT2D eigenvalue weighted by atomic mass is 9.64. The van der Waals surface area contributed by atoms with Crippen molar-refractivity contribution in [2.75, 3.05) is 11.6 Å². The molecule has 3 aromatic rings. The highest BCUT2D eigenvalue weighted by Crippen LogP contribution is 2.49. The number of nitrogens with one attached hydrogen (secondary N) is 1. The Balaban J connectivity index is 1.68. The van der Waals surface area contributed by atoms with Crippen LogP contribution < -0.4 is 11.1 Å². The first-order valence-electron chi connectivity index (χ1n) is 10.8. The first-order chi connectivity index (χ1) is 16.5. The van der Waals surface area contributed by atoms with E-state index in [-0.39, 0.29) is 5.71 Å². The van der Waals surface area contributed by atoms with E-state index in [9.17, 15) is 0 Å². The summed E-state index contributed by atoms with van der Waals surface area (Å²) in [4.78, 5) is 13.7. The minimum atomic E-state index is -1.84. The Morgan fingerprint density at radius 3 is 2.47 bits per heavy atom. The highest BCUT2D eigenvalue weighted by molar-refractivity contribution is 7.98. The molecule has 1 aromatic heterocycles. The molecule has 34 heavy (non-hydrogen) atoms. The summed E-state index contributed by atoms with van der Waals surface area (Å²) in [6, 6.07) is 17.9. The van der Waals surface area contributed by atoms with Crippen LogP contribution in [0.1, 0.15) is 11.1 Å². The molecule has 0 saturated carbocycles. The second-order valence-electron chi connectivity index (χ2n) is 8.22. The van der Waals surface area contributed by atoms with Crippen molar-refractivity contribution >= 4 is 35.1 Å². The van der Waals surface area contributed by atoms with E-state index in [4.69, 9.17) is 5.73 Å². The Bertz CT molecular complexity index is 1280. The quantitative estimate of drug-likeness (QED) is 0.497. The summed E-state index contributed by atoms with van der Waals surface area (Å²) in [7, 11) is 0. The molecule has 5 rings (SSSR count). The number of alkyl halides is 2. The number of aromatic nitrogens is 1. The summed E-state index contributed by atoms with van der Waals surface area (Å²) in [5, 5.41) is 3.25. The fraction of sp³-hybridized carbons (Fsp3) is 0.192. The highest BCUT2D eigenvalue weighted by Gasteiger charge is 2.62. The fourth-order valence-electron chi connectivity index (χ4n) is 4.64. The summed E-state index contributed by atoms with van der Waals surface area (Å²) < 4.78 is 32.7. The third-order valence-electron chi connectivity index (χ3n) is 6.40. The number of para-hydroxylation sites is 1. The van der Waals surface area contributed by atoms with Crippen LogP contribution in [0.3, 0.4) is 0 Å². The van der Waals surface area contributed by atoms with Gasteiger partial charge in [0.2, 0.25) is 0 Å². The molecule has 3 heterocycles. The van der Waals surface area contributed by atoms with Gasteiger partial charge in [-0.25, -0.2) is 8.78 Å². The summed E-state index contributed by atoms with van der Waals surface area (Å²) in [6.07, 6.45) is 5.68. The van der Waals surface area contributed by atoms with Gasteiger partial charge in [-0.15, -0.1) is 11.8 Å². The number of thioether (sulfide) groups is 1. The third-order valence-corrected chi connectivity index (χ3v) is 7.14. The molecule has 5 nitrogen and oxygen atoms in total. The van der Waals surface area contributed by atoms with E-state index in [1.807, 2.05) is 30.5 Å². The van der Waals surface area contributed by atoms with E-state index >= 15 is 8.78 Å². The first kappa shape index (κ1) is 22.4. The van der Waals surface area contributed by atoms with Crippen molar-refractivity contribution in [1.29, 1.82) is 0 Å². The number of benzene rings is 2. The van der Waals surface area contributed by atoms with Crippen LogP contribution in [0.15, 0.2) is 100 Å². The van der Waals surface area contributed by atoms with Crippen LogP contribution in [0.25, 0.3) is 0 Å². The molecule has 2 aromatic carbocycles. The zero-order valence-electron chi connectivity index (χ0n) is 18.4. The average molecular weight is 476 g/mol. The van der Waals surface area contributed by atoms with Crippen molar-refractivity contribution in [1.82, 2.24) is 4.98 Å². The number of rotatable bonds is 5. The molecule has 0 saturated heterocycles. The van der Waals surface area contributed by atoms with Gasteiger partial charge in [0.05, 0.1) is 11.4 Å². The van der Waals surface area contributed by atoms with Crippen molar-refractivity contribution in [3.8, 4) is 0 Å². The van der Waals surface area contributed by atoms with Gasteiger partial charge < -0.3 is 11.1 Å². The van der Waals surface area contributed by atoms with Crippen molar-refractivity contribution in [3.63, 3.8) is 0 Å². The lowest BCUT2D eigenvalue weighted by Gasteiger charge is -2.52. The van der Waals surface area contributed by atoms with Crippen LogP contribution >= 0.6 is 11.8 Å². The molecule has 2 aliphatic rings. The zero-order valence-corrected chi connectivity index (χ0v) is 19.2. The van der Waals surface area contributed by atoms with Gasteiger partial charge in [-0.3, -0.25) is 15.0 Å². The maximum absolute atomic E-state index is 16.6. The number of fused-ring (bicyclic) bond motifs is 1. The smallest absolute Gasteiger partial charge is 0.167 e. The molecular weight excluding hydrogens is 452 g/mol. The summed E-state index contributed by atoms with van der Waals surface area (Å²) in [6.45, 7) is 0. The van der Waals surface area contributed by atoms with E-state index < -0.39 is 23.4 Å². The molecule has 0 aliphatic carbocycles. The van der Waals surface area contributed by atoms with Gasteiger partial charge in [-0.05, 0) is 48.2 Å². The molecule has 8 heteroatoms. The van der Waals surface area contributed by atoms with Crippen molar-refractivity contribution < 1.29 is 8.78 Å². The number of nitrogens with two attached hydrogens (primary N) is 1. The van der Waals surface area contributed by atoms with Gasteiger partial charge in [0.25, 0.3) is 0 Å². The molecule has 0 amide bonds. The van der Waals surface area contributed by atoms with E-state index in [1.54, 1.807) is 60.6 Å². The molecule has 3 N–H and O–H groups in total. The van der Waals surface area contributed by atoms with E-state index in [0.717, 1.165) is 4.90 Å². The molecule has 172 valence electrons. The Morgan fingerprint density at radius 2 is 1.74 bits per heavy atom. The zero-order chi connectivity index (χ0) is 23.8. The van der Waals surface area contributed by atoms with Gasteiger partial charge in [-0.1, -0.05) is 30.3 Å². The van der Waals surface area contributed by atoms with E-state index in [1.165, 1.54) is 18.5 Å². The predicted molar refractivity (Wildman–Crippen MR) is 135 cm³/mol. The Labute approximate surface area is 200 Å². The average Bonchev–Trinajstić information content (AvgIpc) is 2.88. The van der Waals surface area contributed by atoms with Crippen LogP contribution in [-0.4, -0.2) is 41.0 Å². The summed E-state index contributed by atoms with van der Waals surface area (Å²) in [5.41, 5.74) is 5.68. The molecule has 4 atom stereocenters. The summed E-state index contributed by atoms with van der Waals surface area (Å²) in [5.74, 6) is 0. The standard InChI is InChI=1S/C26H23F2N5S/c1-34-19-8-6-17(7-9-19)23-24(28)25(29,12-15-31-23)26(33-18-10-13-30-14-11-18)20-4-2-3-5-21(20)32-16-22(26)27/h2-16,22,24H,29H2,1H3,(H,30,33). The number of pyridine rings is 1. The number of hydrogen-bond acceptors (Lipinski definition) is 6. The summed E-state index contributed by atoms with van der Waals surface area (Å²) >= 11 is 1.59. The number of nitrogens with zero attached hydrogens (tertiary/aromatic N) is 3. The topological polar surface area (TPSA) is 75.7 Å². The molecule has 0 bridgehead atoms. The van der Waals surface area contributed by atoms with Crippen LogP contribution in [0, 0.1) is 0 Å². The minimum absolute atomic E-state index is 0.153. The van der Waals surface area contributed by atoms with Crippen LogP contribution in [0.4, 0.5) is 20.2 Å². The van der Waals surface area contributed by atoms with Gasteiger partial charge in [0.15, 0.2) is 12.3 Å². The van der Waals surface area contributed by atoms with Gasteiger partial charge >= 0.3 is 0 Å². The molecule has 4 unspecified atom stereocenters. The van der Waals surface area contributed by atoms with Crippen molar-refractivity contribution in [3.05, 3.63) is 96.5 Å². The van der Waals surface area contributed by atoms with E-state index in [2.05, 4.69) is 20.3 Å². The van der Waals surface area contributed by atoms with E-state index in [0.29, 0.717) is 22.5 Å². The second kappa shape index (κ2) is 8.77. The molecular formula is C26H23F2N5S. The fourth-order valence-corrected chi connectivity index (χ4v) is 5.04. The number of aliphatic imine (C=N–C) groups is 2. The van der Waals surface area contributed by atoms with Gasteiger partial charge in [0.1, 0.15) is 11.1 Å². The lowest BCUT2D eigenvalue weighted by Crippen LogP contribution is -2.72. The Hall–Kier alpha value is -3.36. The second-order valence-corrected chi connectivity index (χ2v) is 9.10. The maximum Gasteiger partial charge on any atom is 0.167 e. The monoisotopic (exact) mass is 475 g/mol. The Morgan fingerprint density at radius 1 is 1.00 bits per heavy atom.